The number of halogens is 1. The Morgan fingerprint density at radius 1 is 1.15 bits per heavy atom. The van der Waals surface area contributed by atoms with Crippen LogP contribution >= 0.6 is 0 Å². The highest BCUT2D eigenvalue weighted by Gasteiger charge is 2.15. The molecule has 0 aliphatic carbocycles. The SMILES string of the molecule is O=C(/C=C/c1ccc(F)cc1)N[C@H](Cc1c[nH]c2ccccc12)C(=O)[O-]. The van der Waals surface area contributed by atoms with Crippen LogP contribution in [0.4, 0.5) is 4.39 Å². The summed E-state index contributed by atoms with van der Waals surface area (Å²) in [5.41, 5.74) is 2.29. The molecule has 0 unspecified atom stereocenters. The van der Waals surface area contributed by atoms with Crippen LogP contribution in [0.25, 0.3) is 17.0 Å². The maximum absolute atomic E-state index is 12.9. The molecule has 1 atom stereocenters. The highest BCUT2D eigenvalue weighted by Crippen LogP contribution is 2.19. The van der Waals surface area contributed by atoms with Crippen molar-refractivity contribution in [2.45, 2.75) is 12.5 Å². The Hall–Kier alpha value is -3.41. The Labute approximate surface area is 149 Å². The Morgan fingerprint density at radius 3 is 2.62 bits per heavy atom. The largest absolute Gasteiger partial charge is 0.548 e. The zero-order valence-electron chi connectivity index (χ0n) is 13.7. The molecule has 1 aromatic heterocycles. The summed E-state index contributed by atoms with van der Waals surface area (Å²) in [7, 11) is 0. The minimum atomic E-state index is -1.36. The number of rotatable bonds is 6. The molecule has 2 N–H and O–H groups in total. The van der Waals surface area contributed by atoms with Crippen molar-refractivity contribution >= 4 is 28.9 Å². The van der Waals surface area contributed by atoms with Crippen LogP contribution in [0.1, 0.15) is 11.1 Å². The molecule has 0 fully saturated rings. The molecule has 0 bridgehead atoms. The molecular weight excluding hydrogens is 335 g/mol. The van der Waals surface area contributed by atoms with Crippen LogP contribution in [0.15, 0.2) is 60.8 Å². The number of H-pyrrole nitrogens is 1. The van der Waals surface area contributed by atoms with Gasteiger partial charge in [0, 0.05) is 29.6 Å². The number of aliphatic carboxylic acids is 1. The van der Waals surface area contributed by atoms with Crippen LogP contribution < -0.4 is 10.4 Å². The van der Waals surface area contributed by atoms with Gasteiger partial charge in [0.25, 0.3) is 0 Å². The molecule has 1 amide bonds. The maximum Gasteiger partial charge on any atom is 0.244 e. The summed E-state index contributed by atoms with van der Waals surface area (Å²) in [6.07, 6.45) is 4.51. The average molecular weight is 351 g/mol. The van der Waals surface area contributed by atoms with Gasteiger partial charge in [-0.15, -0.1) is 0 Å². The van der Waals surface area contributed by atoms with Gasteiger partial charge >= 0.3 is 0 Å². The van der Waals surface area contributed by atoms with Gasteiger partial charge in [0.15, 0.2) is 0 Å². The van der Waals surface area contributed by atoms with E-state index in [1.165, 1.54) is 36.4 Å². The van der Waals surface area contributed by atoms with Crippen molar-refractivity contribution < 1.29 is 19.1 Å². The lowest BCUT2D eigenvalue weighted by atomic mass is 10.0. The number of hydrogen-bond acceptors (Lipinski definition) is 3. The molecule has 0 aliphatic heterocycles. The average Bonchev–Trinajstić information content (AvgIpc) is 3.04. The molecule has 0 aliphatic rings. The Bertz CT molecular complexity index is 961. The van der Waals surface area contributed by atoms with Gasteiger partial charge in [0.1, 0.15) is 5.82 Å². The first-order chi connectivity index (χ1) is 12.5. The third kappa shape index (κ3) is 4.16. The first kappa shape index (κ1) is 17.4. The number of carbonyl (C=O) groups is 2. The van der Waals surface area contributed by atoms with Crippen LogP contribution in [-0.2, 0) is 16.0 Å². The van der Waals surface area contributed by atoms with Gasteiger partial charge in [-0.05, 0) is 35.4 Å². The smallest absolute Gasteiger partial charge is 0.244 e. The fourth-order valence-electron chi connectivity index (χ4n) is 2.68. The number of hydrogen-bond donors (Lipinski definition) is 2. The second-order valence-electron chi connectivity index (χ2n) is 5.83. The van der Waals surface area contributed by atoms with Crippen molar-refractivity contribution in [3.63, 3.8) is 0 Å². The highest BCUT2D eigenvalue weighted by atomic mass is 19.1. The number of aromatic amines is 1. The van der Waals surface area contributed by atoms with Gasteiger partial charge in [0.05, 0.1) is 12.0 Å². The number of carboxylic acid groups (broad SMARTS) is 1. The number of para-hydroxylation sites is 1. The Kier molecular flexibility index (Phi) is 5.12. The predicted molar refractivity (Wildman–Crippen MR) is 94.4 cm³/mol. The molecule has 26 heavy (non-hydrogen) atoms. The van der Waals surface area contributed by atoms with E-state index in [2.05, 4.69) is 10.3 Å². The lowest BCUT2D eigenvalue weighted by Gasteiger charge is -2.18. The number of aromatic nitrogens is 1. The van der Waals surface area contributed by atoms with Crippen molar-refractivity contribution in [2.24, 2.45) is 0 Å². The van der Waals surface area contributed by atoms with E-state index in [1.807, 2.05) is 24.3 Å². The van der Waals surface area contributed by atoms with E-state index in [0.29, 0.717) is 5.56 Å². The topological polar surface area (TPSA) is 85.0 Å². The van der Waals surface area contributed by atoms with E-state index in [1.54, 1.807) is 6.20 Å². The Balaban J connectivity index is 1.69. The zero-order valence-corrected chi connectivity index (χ0v) is 13.7. The summed E-state index contributed by atoms with van der Waals surface area (Å²) in [6, 6.07) is 11.9. The lowest BCUT2D eigenvalue weighted by Crippen LogP contribution is -2.48. The van der Waals surface area contributed by atoms with E-state index in [0.717, 1.165) is 16.5 Å². The summed E-state index contributed by atoms with van der Waals surface area (Å²) < 4.78 is 12.9. The van der Waals surface area contributed by atoms with Crippen molar-refractivity contribution in [3.05, 3.63) is 77.7 Å². The second-order valence-corrected chi connectivity index (χ2v) is 5.83. The minimum absolute atomic E-state index is 0.0997. The third-order valence-corrected chi connectivity index (χ3v) is 4.00. The minimum Gasteiger partial charge on any atom is -0.548 e. The van der Waals surface area contributed by atoms with Crippen molar-refractivity contribution in [1.29, 1.82) is 0 Å². The quantitative estimate of drug-likeness (QED) is 0.664. The number of nitrogens with one attached hydrogen (secondary N) is 2. The molecular formula is C20H16FN2O3-. The van der Waals surface area contributed by atoms with E-state index >= 15 is 0 Å². The van der Waals surface area contributed by atoms with E-state index < -0.39 is 17.9 Å². The van der Waals surface area contributed by atoms with E-state index in [9.17, 15) is 19.1 Å². The molecule has 0 saturated carbocycles. The molecule has 132 valence electrons. The zero-order chi connectivity index (χ0) is 18.5. The molecule has 0 radical (unpaired) electrons. The van der Waals surface area contributed by atoms with Crippen molar-refractivity contribution in [3.8, 4) is 0 Å². The maximum atomic E-state index is 12.9. The van der Waals surface area contributed by atoms with Gasteiger partial charge in [-0.25, -0.2) is 4.39 Å². The van der Waals surface area contributed by atoms with Gasteiger partial charge in [0.2, 0.25) is 5.91 Å². The summed E-state index contributed by atoms with van der Waals surface area (Å²) >= 11 is 0. The molecule has 3 rings (SSSR count). The lowest BCUT2D eigenvalue weighted by molar-refractivity contribution is -0.308. The number of carbonyl (C=O) groups excluding carboxylic acids is 2. The van der Waals surface area contributed by atoms with Gasteiger partial charge in [-0.3, -0.25) is 4.79 Å². The first-order valence-corrected chi connectivity index (χ1v) is 8.03. The number of fused-ring (bicyclic) bond motifs is 1. The molecule has 5 nitrogen and oxygen atoms in total. The number of carboxylic acids is 1. The monoisotopic (exact) mass is 351 g/mol. The fraction of sp³-hybridized carbons (Fsp3) is 0.100. The summed E-state index contributed by atoms with van der Waals surface area (Å²) in [5.74, 6) is -2.30. The highest BCUT2D eigenvalue weighted by molar-refractivity contribution is 5.94. The summed E-state index contributed by atoms with van der Waals surface area (Å²) in [6.45, 7) is 0. The third-order valence-electron chi connectivity index (χ3n) is 4.00. The van der Waals surface area contributed by atoms with Crippen LogP contribution in [0.3, 0.4) is 0 Å². The molecule has 1 heterocycles. The van der Waals surface area contributed by atoms with Gasteiger partial charge in [-0.2, -0.15) is 0 Å². The summed E-state index contributed by atoms with van der Waals surface area (Å²) in [5, 5.41) is 14.7. The van der Waals surface area contributed by atoms with Crippen LogP contribution in [0.2, 0.25) is 0 Å². The molecule has 3 aromatic rings. The van der Waals surface area contributed by atoms with Crippen LogP contribution in [0.5, 0.6) is 0 Å². The molecule has 2 aromatic carbocycles. The molecule has 6 heteroatoms. The summed E-state index contributed by atoms with van der Waals surface area (Å²) in [4.78, 5) is 26.5. The van der Waals surface area contributed by atoms with Crippen LogP contribution in [0, 0.1) is 5.82 Å². The Morgan fingerprint density at radius 2 is 1.88 bits per heavy atom. The number of benzene rings is 2. The normalized spacial score (nSPS) is 12.3. The second kappa shape index (κ2) is 7.65. The molecule has 0 spiro atoms. The number of amides is 1. The van der Waals surface area contributed by atoms with E-state index in [4.69, 9.17) is 0 Å². The first-order valence-electron chi connectivity index (χ1n) is 8.03. The van der Waals surface area contributed by atoms with E-state index in [-0.39, 0.29) is 12.2 Å². The van der Waals surface area contributed by atoms with Gasteiger partial charge < -0.3 is 20.2 Å². The van der Waals surface area contributed by atoms with Crippen molar-refractivity contribution in [2.75, 3.05) is 0 Å². The van der Waals surface area contributed by atoms with Crippen molar-refractivity contribution in [1.82, 2.24) is 10.3 Å². The van der Waals surface area contributed by atoms with Crippen LogP contribution in [-0.4, -0.2) is 22.9 Å². The fourth-order valence-corrected chi connectivity index (χ4v) is 2.68. The predicted octanol–water partition coefficient (Wildman–Crippen LogP) is 1.80. The molecule has 0 saturated heterocycles. The van der Waals surface area contributed by atoms with Gasteiger partial charge in [-0.1, -0.05) is 30.3 Å². The standard InChI is InChI=1S/C20H17FN2O3/c21-15-8-5-13(6-9-15)7-10-19(24)23-18(20(25)26)11-14-12-22-17-4-2-1-3-16(14)17/h1-10,12,18,22H,11H2,(H,23,24)(H,25,26)/p-1/b10-7+/t18-/m1/s1.